The summed E-state index contributed by atoms with van der Waals surface area (Å²) in [5.41, 5.74) is 5.65. The fourth-order valence-corrected chi connectivity index (χ4v) is 5.04. The molecule has 0 fully saturated rings. The van der Waals surface area contributed by atoms with Gasteiger partial charge in [0.15, 0.2) is 0 Å². The Hall–Kier alpha value is -6.12. The quantitative estimate of drug-likeness (QED) is 0.204. The lowest BCUT2D eigenvalue weighted by Crippen LogP contribution is -2.18. The third-order valence-corrected chi connectivity index (χ3v) is 6.94. The highest BCUT2D eigenvalue weighted by molar-refractivity contribution is 6.07. The molecule has 5 rings (SSSR count). The van der Waals surface area contributed by atoms with Crippen LogP contribution in [0.2, 0.25) is 0 Å². The Balaban J connectivity index is 1.98. The molecule has 0 saturated heterocycles. The van der Waals surface area contributed by atoms with Gasteiger partial charge in [-0.25, -0.2) is 0 Å². The Kier molecular flexibility index (Phi) is 6.83. The second kappa shape index (κ2) is 10.7. The van der Waals surface area contributed by atoms with Gasteiger partial charge in [-0.15, -0.1) is 5.92 Å². The van der Waals surface area contributed by atoms with Crippen LogP contribution in [0.4, 0.5) is 0 Å². The zero-order valence-corrected chi connectivity index (χ0v) is 21.9. The van der Waals surface area contributed by atoms with E-state index in [2.05, 4.69) is 36.1 Å². The Morgan fingerprint density at radius 1 is 0.500 bits per heavy atom. The SMILES string of the molecule is CC#Cc1ccc(-c2ccc3c(=C(C#N)C#N)c4cc(-c5ccc(C)cc5)ccc4c(=C(C#N)C#N)c3c2)cc1. The summed E-state index contributed by atoms with van der Waals surface area (Å²) in [6.45, 7) is 3.81. The third-order valence-electron chi connectivity index (χ3n) is 6.94. The molecule has 0 spiro atoms. The molecule has 0 heterocycles. The molecule has 0 aliphatic rings. The topological polar surface area (TPSA) is 95.2 Å². The summed E-state index contributed by atoms with van der Waals surface area (Å²) >= 11 is 0. The second-order valence-electron chi connectivity index (χ2n) is 9.29. The van der Waals surface area contributed by atoms with E-state index in [0.29, 0.717) is 32.0 Å². The first-order valence-electron chi connectivity index (χ1n) is 12.5. The summed E-state index contributed by atoms with van der Waals surface area (Å²) in [7, 11) is 0. The van der Waals surface area contributed by atoms with Gasteiger partial charge >= 0.3 is 0 Å². The van der Waals surface area contributed by atoms with Crippen LogP contribution in [0.5, 0.6) is 0 Å². The summed E-state index contributed by atoms with van der Waals surface area (Å²) in [5.74, 6) is 5.93. The Labute approximate surface area is 232 Å². The third kappa shape index (κ3) is 4.43. The molecule has 0 atom stereocenters. The number of rotatable bonds is 2. The van der Waals surface area contributed by atoms with Crippen LogP contribution in [0.25, 0.3) is 54.9 Å². The number of nitriles is 4. The van der Waals surface area contributed by atoms with E-state index in [0.717, 1.165) is 33.4 Å². The Morgan fingerprint density at radius 2 is 0.900 bits per heavy atom. The maximum atomic E-state index is 9.96. The van der Waals surface area contributed by atoms with Gasteiger partial charge in [-0.1, -0.05) is 72.1 Å². The molecule has 4 nitrogen and oxygen atoms in total. The highest BCUT2D eigenvalue weighted by Gasteiger charge is 2.15. The molecule has 0 aliphatic carbocycles. The molecule has 0 aromatic heterocycles. The first-order valence-corrected chi connectivity index (χ1v) is 12.5. The van der Waals surface area contributed by atoms with Crippen molar-refractivity contribution < 1.29 is 0 Å². The van der Waals surface area contributed by atoms with E-state index in [1.54, 1.807) is 6.92 Å². The molecule has 0 saturated carbocycles. The monoisotopic (exact) mass is 508 g/mol. The molecular formula is C36H20N4. The molecule has 0 radical (unpaired) electrons. The zero-order valence-electron chi connectivity index (χ0n) is 21.9. The second-order valence-corrected chi connectivity index (χ2v) is 9.29. The Bertz CT molecular complexity index is 2170. The van der Waals surface area contributed by atoms with E-state index in [1.807, 2.05) is 91.9 Å². The van der Waals surface area contributed by atoms with Crippen molar-refractivity contribution in [2.45, 2.75) is 13.8 Å². The lowest BCUT2D eigenvalue weighted by molar-refractivity contribution is 1.47. The van der Waals surface area contributed by atoms with Crippen molar-refractivity contribution in [3.63, 3.8) is 0 Å². The summed E-state index contributed by atoms with van der Waals surface area (Å²) in [5, 5.41) is 43.3. The van der Waals surface area contributed by atoms with Gasteiger partial charge in [-0.2, -0.15) is 21.0 Å². The first kappa shape index (κ1) is 25.5. The maximum absolute atomic E-state index is 9.96. The largest absolute Gasteiger partial charge is 0.192 e. The number of hydrogen-bond donors (Lipinski definition) is 0. The minimum Gasteiger partial charge on any atom is -0.192 e. The standard InChI is InChI=1S/C36H20N4/c1-3-4-24-7-11-26(12-8-24)28-14-16-32-34(18-28)36(30(21-39)22-40)31-15-13-27(25-9-5-23(2)6-10-25)17-33(31)35(32)29(19-37)20-38/h5-18H,1-2H3. The van der Waals surface area contributed by atoms with Gasteiger partial charge in [-0.05, 0) is 81.9 Å². The molecule has 0 aliphatic heterocycles. The van der Waals surface area contributed by atoms with Crippen LogP contribution >= 0.6 is 0 Å². The summed E-state index contributed by atoms with van der Waals surface area (Å²) in [4.78, 5) is 0. The highest BCUT2D eigenvalue weighted by atomic mass is 14.3. The molecule has 4 heteroatoms. The summed E-state index contributed by atoms with van der Waals surface area (Å²) < 4.78 is 0. The van der Waals surface area contributed by atoms with Crippen LogP contribution in [-0.2, 0) is 0 Å². The summed E-state index contributed by atoms with van der Waals surface area (Å²) in [6.07, 6.45) is 0. The zero-order chi connectivity index (χ0) is 28.2. The van der Waals surface area contributed by atoms with E-state index in [-0.39, 0.29) is 11.1 Å². The van der Waals surface area contributed by atoms with Crippen LogP contribution in [0.3, 0.4) is 0 Å². The smallest absolute Gasteiger partial charge is 0.138 e. The average molecular weight is 509 g/mol. The van der Waals surface area contributed by atoms with Crippen molar-refractivity contribution in [1.82, 2.24) is 0 Å². The van der Waals surface area contributed by atoms with Gasteiger partial charge in [0.25, 0.3) is 0 Å². The van der Waals surface area contributed by atoms with E-state index < -0.39 is 0 Å². The molecule has 184 valence electrons. The van der Waals surface area contributed by atoms with Crippen molar-refractivity contribution in [1.29, 1.82) is 21.0 Å². The normalized spacial score (nSPS) is 9.95. The predicted octanol–water partition coefficient (Wildman–Crippen LogP) is 6.40. The summed E-state index contributed by atoms with van der Waals surface area (Å²) in [6, 6.07) is 35.6. The van der Waals surface area contributed by atoms with Crippen molar-refractivity contribution in [2.24, 2.45) is 0 Å². The first-order chi connectivity index (χ1) is 19.5. The lowest BCUT2D eigenvalue weighted by atomic mass is 9.90. The minimum absolute atomic E-state index is 0.0340. The van der Waals surface area contributed by atoms with Crippen molar-refractivity contribution >= 4 is 32.7 Å². The van der Waals surface area contributed by atoms with E-state index in [4.69, 9.17) is 0 Å². The lowest BCUT2D eigenvalue weighted by Gasteiger charge is -2.12. The molecule has 0 amide bonds. The minimum atomic E-state index is -0.0363. The van der Waals surface area contributed by atoms with E-state index >= 15 is 0 Å². The predicted molar refractivity (Wildman–Crippen MR) is 158 cm³/mol. The number of benzene rings is 5. The van der Waals surface area contributed by atoms with Gasteiger partial charge in [0.2, 0.25) is 0 Å². The molecule has 5 aromatic carbocycles. The van der Waals surface area contributed by atoms with Crippen molar-refractivity contribution in [3.8, 4) is 58.4 Å². The van der Waals surface area contributed by atoms with Gasteiger partial charge in [0.1, 0.15) is 35.4 Å². The fourth-order valence-electron chi connectivity index (χ4n) is 5.04. The average Bonchev–Trinajstić information content (AvgIpc) is 2.99. The van der Waals surface area contributed by atoms with Crippen LogP contribution in [0, 0.1) is 64.1 Å². The van der Waals surface area contributed by atoms with E-state index in [1.165, 1.54) is 0 Å². The molecule has 5 aromatic rings. The van der Waals surface area contributed by atoms with Crippen molar-refractivity contribution in [2.75, 3.05) is 0 Å². The molecular weight excluding hydrogens is 488 g/mol. The van der Waals surface area contributed by atoms with Crippen LogP contribution in [0.15, 0.2) is 84.9 Å². The van der Waals surface area contributed by atoms with Crippen LogP contribution in [0.1, 0.15) is 18.1 Å². The maximum Gasteiger partial charge on any atom is 0.138 e. The fraction of sp³-hybridized carbons (Fsp3) is 0.0556. The molecule has 40 heavy (non-hydrogen) atoms. The van der Waals surface area contributed by atoms with E-state index in [9.17, 15) is 21.0 Å². The van der Waals surface area contributed by atoms with Gasteiger partial charge in [0, 0.05) is 16.0 Å². The number of fused-ring (bicyclic) bond motifs is 2. The molecule has 0 N–H and O–H groups in total. The molecule has 0 unspecified atom stereocenters. The van der Waals surface area contributed by atoms with Crippen LogP contribution < -0.4 is 10.4 Å². The van der Waals surface area contributed by atoms with Crippen molar-refractivity contribution in [3.05, 3.63) is 106 Å². The van der Waals surface area contributed by atoms with Gasteiger partial charge < -0.3 is 0 Å². The van der Waals surface area contributed by atoms with Crippen LogP contribution in [-0.4, -0.2) is 0 Å². The molecule has 0 bridgehead atoms. The van der Waals surface area contributed by atoms with Gasteiger partial charge in [0.05, 0.1) is 0 Å². The number of hydrogen-bond acceptors (Lipinski definition) is 4. The number of nitrogens with zero attached hydrogens (tertiary/aromatic N) is 4. The number of aryl methyl sites for hydroxylation is 1. The Morgan fingerprint density at radius 3 is 1.30 bits per heavy atom. The van der Waals surface area contributed by atoms with Gasteiger partial charge in [-0.3, -0.25) is 0 Å². The highest BCUT2D eigenvalue weighted by Crippen LogP contribution is 2.27.